The lowest BCUT2D eigenvalue weighted by Crippen LogP contribution is -2.04. The Morgan fingerprint density at radius 3 is 2.82 bits per heavy atom. The van der Waals surface area contributed by atoms with Crippen LogP contribution in [-0.2, 0) is 6.54 Å². The molecule has 0 spiro atoms. The van der Waals surface area contributed by atoms with Crippen LogP contribution in [0.25, 0.3) is 11.4 Å². The van der Waals surface area contributed by atoms with Crippen LogP contribution < -0.4 is 5.73 Å². The molecule has 0 unspecified atom stereocenters. The van der Waals surface area contributed by atoms with E-state index >= 15 is 0 Å². The highest BCUT2D eigenvalue weighted by Gasteiger charge is 2.14. The van der Waals surface area contributed by atoms with E-state index in [2.05, 4.69) is 17.1 Å². The minimum absolute atomic E-state index is 0.122. The Labute approximate surface area is 99.3 Å². The molecule has 0 fully saturated rings. The highest BCUT2D eigenvalue weighted by molar-refractivity contribution is 5.72. The number of nitrogens with zero attached hydrogens (tertiary/aromatic N) is 3. The summed E-state index contributed by atoms with van der Waals surface area (Å²) in [6.07, 6.45) is 0.959. The number of aryl methyl sites for hydroxylation is 1. The van der Waals surface area contributed by atoms with E-state index in [1.807, 2.05) is 11.5 Å². The largest absolute Gasteiger partial charge is 0.396 e. The van der Waals surface area contributed by atoms with E-state index < -0.39 is 5.82 Å². The molecule has 17 heavy (non-hydrogen) atoms. The van der Waals surface area contributed by atoms with Gasteiger partial charge in [0, 0.05) is 12.1 Å². The zero-order valence-electron chi connectivity index (χ0n) is 9.94. The summed E-state index contributed by atoms with van der Waals surface area (Å²) in [5.41, 5.74) is 6.45. The lowest BCUT2D eigenvalue weighted by molar-refractivity contribution is 0.631. The lowest BCUT2D eigenvalue weighted by Gasteiger charge is -2.09. The van der Waals surface area contributed by atoms with Gasteiger partial charge in [0.15, 0.2) is 5.82 Å². The first-order valence-electron chi connectivity index (χ1n) is 5.59. The number of para-hydroxylation sites is 1. The number of hydrogen-bond acceptors (Lipinski definition) is 3. The van der Waals surface area contributed by atoms with E-state index in [-0.39, 0.29) is 5.69 Å². The van der Waals surface area contributed by atoms with Crippen LogP contribution in [0.3, 0.4) is 0 Å². The second kappa shape index (κ2) is 4.53. The molecule has 0 amide bonds. The molecule has 1 aromatic carbocycles. The standard InChI is InChI=1S/C12H15FN4/c1-3-7-17-8(2)15-16-12(17)9-5-4-6-10(13)11(9)14/h4-6H,3,7,14H2,1-2H3. The second-order valence-electron chi connectivity index (χ2n) is 3.92. The van der Waals surface area contributed by atoms with E-state index in [0.29, 0.717) is 11.4 Å². The molecule has 0 bridgehead atoms. The smallest absolute Gasteiger partial charge is 0.166 e. The summed E-state index contributed by atoms with van der Waals surface area (Å²) in [5, 5.41) is 8.09. The van der Waals surface area contributed by atoms with Crippen LogP contribution in [0.5, 0.6) is 0 Å². The van der Waals surface area contributed by atoms with Crippen molar-refractivity contribution in [2.75, 3.05) is 5.73 Å². The van der Waals surface area contributed by atoms with E-state index in [1.54, 1.807) is 12.1 Å². The Hall–Kier alpha value is -1.91. The fourth-order valence-electron chi connectivity index (χ4n) is 1.80. The van der Waals surface area contributed by atoms with Crippen molar-refractivity contribution in [1.82, 2.24) is 14.8 Å². The molecule has 4 nitrogen and oxygen atoms in total. The molecule has 2 N–H and O–H groups in total. The van der Waals surface area contributed by atoms with Crippen LogP contribution in [0.4, 0.5) is 10.1 Å². The minimum Gasteiger partial charge on any atom is -0.396 e. The Balaban J connectivity index is 2.56. The average Bonchev–Trinajstić information content (AvgIpc) is 2.66. The van der Waals surface area contributed by atoms with Gasteiger partial charge in [0.2, 0.25) is 0 Å². The van der Waals surface area contributed by atoms with Gasteiger partial charge in [0.25, 0.3) is 0 Å². The number of aromatic nitrogens is 3. The summed E-state index contributed by atoms with van der Waals surface area (Å²) in [6.45, 7) is 4.74. The summed E-state index contributed by atoms with van der Waals surface area (Å²) >= 11 is 0. The van der Waals surface area contributed by atoms with Gasteiger partial charge in [-0.3, -0.25) is 0 Å². The molecular weight excluding hydrogens is 219 g/mol. The third-order valence-corrected chi connectivity index (χ3v) is 2.68. The van der Waals surface area contributed by atoms with Crippen LogP contribution in [0.1, 0.15) is 19.2 Å². The Bertz CT molecular complexity index is 533. The first-order valence-corrected chi connectivity index (χ1v) is 5.59. The van der Waals surface area contributed by atoms with Gasteiger partial charge in [0.05, 0.1) is 5.69 Å². The van der Waals surface area contributed by atoms with Crippen molar-refractivity contribution < 1.29 is 4.39 Å². The summed E-state index contributed by atoms with van der Waals surface area (Å²) < 4.78 is 15.4. The van der Waals surface area contributed by atoms with Crippen molar-refractivity contribution in [3.63, 3.8) is 0 Å². The fraction of sp³-hybridized carbons (Fsp3) is 0.333. The molecule has 0 atom stereocenters. The maximum atomic E-state index is 13.4. The number of nitrogens with two attached hydrogens (primary N) is 1. The van der Waals surface area contributed by atoms with Gasteiger partial charge in [-0.1, -0.05) is 13.0 Å². The normalized spacial score (nSPS) is 10.8. The van der Waals surface area contributed by atoms with Gasteiger partial charge in [0.1, 0.15) is 11.6 Å². The first-order chi connectivity index (χ1) is 8.15. The number of benzene rings is 1. The van der Waals surface area contributed by atoms with E-state index in [9.17, 15) is 4.39 Å². The van der Waals surface area contributed by atoms with Gasteiger partial charge < -0.3 is 10.3 Å². The SMILES string of the molecule is CCCn1c(C)nnc1-c1cccc(F)c1N. The third-order valence-electron chi connectivity index (χ3n) is 2.68. The van der Waals surface area contributed by atoms with Gasteiger partial charge in [-0.25, -0.2) is 4.39 Å². The predicted molar refractivity (Wildman–Crippen MR) is 64.9 cm³/mol. The average molecular weight is 234 g/mol. The fourth-order valence-corrected chi connectivity index (χ4v) is 1.80. The number of rotatable bonds is 3. The molecule has 0 aliphatic heterocycles. The summed E-state index contributed by atoms with van der Waals surface area (Å²) in [4.78, 5) is 0. The zero-order valence-corrected chi connectivity index (χ0v) is 9.94. The minimum atomic E-state index is -0.425. The Morgan fingerprint density at radius 2 is 2.12 bits per heavy atom. The van der Waals surface area contributed by atoms with Crippen molar-refractivity contribution in [1.29, 1.82) is 0 Å². The molecule has 0 aliphatic rings. The summed E-state index contributed by atoms with van der Waals surface area (Å²) in [5.74, 6) is 1.01. The van der Waals surface area contributed by atoms with Gasteiger partial charge in [-0.15, -0.1) is 10.2 Å². The van der Waals surface area contributed by atoms with E-state index in [0.717, 1.165) is 18.8 Å². The first kappa shape index (κ1) is 11.6. The Morgan fingerprint density at radius 1 is 1.35 bits per heavy atom. The van der Waals surface area contributed by atoms with Gasteiger partial charge in [-0.2, -0.15) is 0 Å². The molecule has 90 valence electrons. The third kappa shape index (κ3) is 2.00. The number of halogens is 1. The van der Waals surface area contributed by atoms with Gasteiger partial charge in [-0.05, 0) is 25.5 Å². The highest BCUT2D eigenvalue weighted by atomic mass is 19.1. The molecule has 5 heteroatoms. The van der Waals surface area contributed by atoms with Crippen LogP contribution in [0, 0.1) is 12.7 Å². The van der Waals surface area contributed by atoms with Crippen molar-refractivity contribution in [3.05, 3.63) is 29.8 Å². The molecular formula is C12H15FN4. The highest BCUT2D eigenvalue weighted by Crippen LogP contribution is 2.26. The number of nitrogen functional groups attached to an aromatic ring is 1. The van der Waals surface area contributed by atoms with Crippen molar-refractivity contribution in [3.8, 4) is 11.4 Å². The van der Waals surface area contributed by atoms with E-state index in [4.69, 9.17) is 5.73 Å². The number of anilines is 1. The van der Waals surface area contributed by atoms with Gasteiger partial charge >= 0.3 is 0 Å². The Kier molecular flexibility index (Phi) is 3.08. The predicted octanol–water partition coefficient (Wildman–Crippen LogP) is 2.38. The molecule has 1 heterocycles. The monoisotopic (exact) mass is 234 g/mol. The lowest BCUT2D eigenvalue weighted by atomic mass is 10.1. The molecule has 1 aromatic heterocycles. The van der Waals surface area contributed by atoms with E-state index in [1.165, 1.54) is 6.07 Å². The molecule has 0 saturated carbocycles. The van der Waals surface area contributed by atoms with Crippen LogP contribution in [0.15, 0.2) is 18.2 Å². The maximum absolute atomic E-state index is 13.4. The van der Waals surface area contributed by atoms with Crippen LogP contribution >= 0.6 is 0 Å². The van der Waals surface area contributed by atoms with Crippen molar-refractivity contribution >= 4 is 5.69 Å². The van der Waals surface area contributed by atoms with Crippen molar-refractivity contribution in [2.45, 2.75) is 26.8 Å². The maximum Gasteiger partial charge on any atom is 0.166 e. The summed E-state index contributed by atoms with van der Waals surface area (Å²) in [7, 11) is 0. The zero-order chi connectivity index (χ0) is 12.4. The molecule has 0 radical (unpaired) electrons. The van der Waals surface area contributed by atoms with Crippen LogP contribution in [-0.4, -0.2) is 14.8 Å². The molecule has 0 saturated heterocycles. The second-order valence-corrected chi connectivity index (χ2v) is 3.92. The summed E-state index contributed by atoms with van der Waals surface area (Å²) in [6, 6.07) is 4.72. The van der Waals surface area contributed by atoms with Crippen molar-refractivity contribution in [2.24, 2.45) is 0 Å². The van der Waals surface area contributed by atoms with Crippen LogP contribution in [0.2, 0.25) is 0 Å². The molecule has 2 aromatic rings. The quantitative estimate of drug-likeness (QED) is 0.829. The topological polar surface area (TPSA) is 56.7 Å². The molecule has 0 aliphatic carbocycles. The molecule has 2 rings (SSSR count). The number of hydrogen-bond donors (Lipinski definition) is 1.